The molecule has 2 atom stereocenters. The van der Waals surface area contributed by atoms with Crippen molar-refractivity contribution in [1.29, 1.82) is 0 Å². The lowest BCUT2D eigenvalue weighted by Gasteiger charge is -2.17. The van der Waals surface area contributed by atoms with Crippen molar-refractivity contribution >= 4 is 5.91 Å². The van der Waals surface area contributed by atoms with Gasteiger partial charge in [0.15, 0.2) is 11.6 Å². The summed E-state index contributed by atoms with van der Waals surface area (Å²) in [5.74, 6) is -0.330. The number of hydrogen-bond acceptors (Lipinski definition) is 3. The second-order valence-electron chi connectivity index (χ2n) is 4.87. The molecule has 0 aliphatic heterocycles. The molecule has 0 fully saturated rings. The number of hydrogen-bond donors (Lipinski definition) is 2. The maximum absolute atomic E-state index is 13.6. The Hall–Kier alpha value is -1.62. The van der Waals surface area contributed by atoms with Crippen molar-refractivity contribution in [2.75, 3.05) is 13.7 Å². The molecule has 0 spiro atoms. The first-order chi connectivity index (χ1) is 9.47. The second-order valence-corrected chi connectivity index (χ2v) is 4.87. The summed E-state index contributed by atoms with van der Waals surface area (Å²) < 4.78 is 18.5. The number of nitrogens with one attached hydrogen (secondary N) is 2. The topological polar surface area (TPSA) is 50.4 Å². The normalized spacial score (nSPS) is 13.7. The van der Waals surface area contributed by atoms with Gasteiger partial charge in [-0.25, -0.2) is 4.39 Å². The Balaban J connectivity index is 2.55. The van der Waals surface area contributed by atoms with Gasteiger partial charge in [-0.3, -0.25) is 4.79 Å². The van der Waals surface area contributed by atoms with E-state index >= 15 is 0 Å². The number of halogens is 1. The van der Waals surface area contributed by atoms with Crippen LogP contribution in [0.4, 0.5) is 4.39 Å². The average molecular weight is 282 g/mol. The van der Waals surface area contributed by atoms with Crippen molar-refractivity contribution in [3.05, 3.63) is 29.6 Å². The van der Waals surface area contributed by atoms with Gasteiger partial charge in [0.25, 0.3) is 0 Å². The van der Waals surface area contributed by atoms with Crippen molar-refractivity contribution in [2.45, 2.75) is 39.3 Å². The lowest BCUT2D eigenvalue weighted by atomic mass is 10.1. The van der Waals surface area contributed by atoms with Gasteiger partial charge in [0, 0.05) is 6.04 Å². The molecule has 0 saturated heterocycles. The van der Waals surface area contributed by atoms with Crippen LogP contribution in [0, 0.1) is 5.82 Å². The molecule has 0 aliphatic rings. The molecule has 2 unspecified atom stereocenters. The quantitative estimate of drug-likeness (QED) is 0.807. The van der Waals surface area contributed by atoms with Gasteiger partial charge in [0.05, 0.1) is 19.7 Å². The van der Waals surface area contributed by atoms with Crippen LogP contribution in [0.2, 0.25) is 0 Å². The molecule has 1 rings (SSSR count). The lowest BCUT2D eigenvalue weighted by Crippen LogP contribution is -2.38. The molecule has 0 aliphatic carbocycles. The molecule has 0 radical (unpaired) electrons. The number of carbonyl (C=O) groups excluding carboxylic acids is 1. The highest BCUT2D eigenvalue weighted by atomic mass is 19.1. The molecule has 1 aromatic rings. The molecule has 0 bridgehead atoms. The SMILES string of the molecule is CCC(C)NCC(=O)NC(C)c1ccc(OC)c(F)c1. The van der Waals surface area contributed by atoms with E-state index in [0.717, 1.165) is 6.42 Å². The predicted molar refractivity (Wildman–Crippen MR) is 77.3 cm³/mol. The molecule has 0 saturated carbocycles. The summed E-state index contributed by atoms with van der Waals surface area (Å²) >= 11 is 0. The van der Waals surface area contributed by atoms with Gasteiger partial charge in [-0.05, 0) is 38.0 Å². The first kappa shape index (κ1) is 16.4. The van der Waals surface area contributed by atoms with Gasteiger partial charge < -0.3 is 15.4 Å². The number of rotatable bonds is 7. The van der Waals surface area contributed by atoms with Gasteiger partial charge in [0.1, 0.15) is 0 Å². The van der Waals surface area contributed by atoms with E-state index in [0.29, 0.717) is 11.6 Å². The standard InChI is InChI=1S/C15H23FN2O2/c1-5-10(2)17-9-15(19)18-11(3)12-6-7-14(20-4)13(16)8-12/h6-8,10-11,17H,5,9H2,1-4H3,(H,18,19). The van der Waals surface area contributed by atoms with E-state index in [1.807, 2.05) is 13.8 Å². The monoisotopic (exact) mass is 282 g/mol. The van der Waals surface area contributed by atoms with Crippen LogP contribution < -0.4 is 15.4 Å². The number of benzene rings is 1. The third-order valence-corrected chi connectivity index (χ3v) is 3.28. The zero-order chi connectivity index (χ0) is 15.1. The first-order valence-electron chi connectivity index (χ1n) is 6.84. The minimum Gasteiger partial charge on any atom is -0.494 e. The fourth-order valence-electron chi connectivity index (χ4n) is 1.74. The Morgan fingerprint density at radius 1 is 1.40 bits per heavy atom. The molecule has 5 heteroatoms. The largest absolute Gasteiger partial charge is 0.494 e. The summed E-state index contributed by atoms with van der Waals surface area (Å²) in [4.78, 5) is 11.8. The Bertz CT molecular complexity index is 451. The Kier molecular flexibility index (Phi) is 6.45. The van der Waals surface area contributed by atoms with Crippen molar-refractivity contribution in [2.24, 2.45) is 0 Å². The molecule has 0 heterocycles. The van der Waals surface area contributed by atoms with Gasteiger partial charge in [-0.15, -0.1) is 0 Å². The Morgan fingerprint density at radius 3 is 2.65 bits per heavy atom. The maximum Gasteiger partial charge on any atom is 0.234 e. The highest BCUT2D eigenvalue weighted by molar-refractivity contribution is 5.78. The zero-order valence-electron chi connectivity index (χ0n) is 12.5. The minimum atomic E-state index is -0.427. The molecule has 2 N–H and O–H groups in total. The van der Waals surface area contributed by atoms with Crippen molar-refractivity contribution in [1.82, 2.24) is 10.6 Å². The molecule has 1 amide bonds. The smallest absolute Gasteiger partial charge is 0.234 e. The summed E-state index contributed by atoms with van der Waals surface area (Å²) in [6.45, 7) is 6.16. The van der Waals surface area contributed by atoms with Crippen molar-refractivity contribution < 1.29 is 13.9 Å². The third-order valence-electron chi connectivity index (χ3n) is 3.28. The van der Waals surface area contributed by atoms with Crippen LogP contribution in [0.5, 0.6) is 5.75 Å². The number of methoxy groups -OCH3 is 1. The highest BCUT2D eigenvalue weighted by Gasteiger charge is 2.12. The van der Waals surface area contributed by atoms with Crippen LogP contribution in [-0.2, 0) is 4.79 Å². The Morgan fingerprint density at radius 2 is 2.10 bits per heavy atom. The third kappa shape index (κ3) is 4.81. The summed E-state index contributed by atoms with van der Waals surface area (Å²) in [6.07, 6.45) is 0.965. The first-order valence-corrected chi connectivity index (χ1v) is 6.84. The molecular formula is C15H23FN2O2. The van der Waals surface area contributed by atoms with Crippen LogP contribution in [0.1, 0.15) is 38.8 Å². The molecule has 0 aromatic heterocycles. The van der Waals surface area contributed by atoms with E-state index in [9.17, 15) is 9.18 Å². The van der Waals surface area contributed by atoms with Crippen LogP contribution in [0.15, 0.2) is 18.2 Å². The predicted octanol–water partition coefficient (Wildman–Crippen LogP) is 2.40. The summed E-state index contributed by atoms with van der Waals surface area (Å²) in [6, 6.07) is 4.74. The van der Waals surface area contributed by atoms with E-state index in [1.165, 1.54) is 13.2 Å². The molecule has 20 heavy (non-hydrogen) atoms. The maximum atomic E-state index is 13.6. The van der Waals surface area contributed by atoms with E-state index in [4.69, 9.17) is 4.74 Å². The summed E-state index contributed by atoms with van der Waals surface area (Å²) in [7, 11) is 1.42. The number of carbonyl (C=O) groups is 1. The molecule has 1 aromatic carbocycles. The minimum absolute atomic E-state index is 0.103. The van der Waals surface area contributed by atoms with E-state index < -0.39 is 5.82 Å². The summed E-state index contributed by atoms with van der Waals surface area (Å²) in [5.41, 5.74) is 0.709. The Labute approximate surface area is 119 Å². The fraction of sp³-hybridized carbons (Fsp3) is 0.533. The van der Waals surface area contributed by atoms with E-state index in [-0.39, 0.29) is 24.2 Å². The van der Waals surface area contributed by atoms with E-state index in [2.05, 4.69) is 17.6 Å². The van der Waals surface area contributed by atoms with Gasteiger partial charge in [-0.2, -0.15) is 0 Å². The average Bonchev–Trinajstić information content (AvgIpc) is 2.44. The number of ether oxygens (including phenoxy) is 1. The fourth-order valence-corrected chi connectivity index (χ4v) is 1.74. The summed E-state index contributed by atoms with van der Waals surface area (Å²) in [5, 5.41) is 5.94. The van der Waals surface area contributed by atoms with Gasteiger partial charge >= 0.3 is 0 Å². The van der Waals surface area contributed by atoms with Crippen LogP contribution >= 0.6 is 0 Å². The van der Waals surface area contributed by atoms with Crippen LogP contribution in [-0.4, -0.2) is 25.6 Å². The molecule has 4 nitrogen and oxygen atoms in total. The van der Waals surface area contributed by atoms with Crippen molar-refractivity contribution in [3.8, 4) is 5.75 Å². The zero-order valence-corrected chi connectivity index (χ0v) is 12.5. The molecular weight excluding hydrogens is 259 g/mol. The second kappa shape index (κ2) is 7.85. The van der Waals surface area contributed by atoms with Crippen LogP contribution in [0.3, 0.4) is 0 Å². The van der Waals surface area contributed by atoms with E-state index in [1.54, 1.807) is 12.1 Å². The molecule has 112 valence electrons. The van der Waals surface area contributed by atoms with Crippen LogP contribution in [0.25, 0.3) is 0 Å². The lowest BCUT2D eigenvalue weighted by molar-refractivity contribution is -0.121. The van der Waals surface area contributed by atoms with Gasteiger partial charge in [-0.1, -0.05) is 13.0 Å². The number of amides is 1. The highest BCUT2D eigenvalue weighted by Crippen LogP contribution is 2.21. The van der Waals surface area contributed by atoms with Crippen molar-refractivity contribution in [3.63, 3.8) is 0 Å². The van der Waals surface area contributed by atoms with Gasteiger partial charge in [0.2, 0.25) is 5.91 Å².